The average Bonchev–Trinajstić information content (AvgIpc) is 3.12. The van der Waals surface area contributed by atoms with Crippen LogP contribution in [0.2, 0.25) is 0 Å². The van der Waals surface area contributed by atoms with Gasteiger partial charge in [0.25, 0.3) is 0 Å². The summed E-state index contributed by atoms with van der Waals surface area (Å²) in [5, 5.41) is 16.6. The number of hydrogen-bond acceptors (Lipinski definition) is 6. The molecule has 0 atom stereocenters. The van der Waals surface area contributed by atoms with Gasteiger partial charge in [-0.15, -0.1) is 0 Å². The van der Waals surface area contributed by atoms with E-state index in [1.165, 1.54) is 0 Å². The Morgan fingerprint density at radius 3 is 2.89 bits per heavy atom. The van der Waals surface area contributed by atoms with Crippen LogP contribution in [0.4, 0.5) is 5.69 Å². The number of nitrogens with one attached hydrogen (secondary N) is 1. The molecule has 1 saturated heterocycles. The topological polar surface area (TPSA) is 88.7 Å². The maximum absolute atomic E-state index is 8.62. The second kappa shape index (κ2) is 7.06. The van der Waals surface area contributed by atoms with Crippen LogP contribution in [0.5, 0.6) is 0 Å². The molecular weight excluding hydrogens is 352 g/mol. The number of benzene rings is 1. The molecule has 1 aliphatic carbocycles. The molecule has 0 unspecified atom stereocenters. The van der Waals surface area contributed by atoms with Gasteiger partial charge >= 0.3 is 0 Å². The van der Waals surface area contributed by atoms with E-state index in [0.717, 1.165) is 54.0 Å². The zero-order chi connectivity index (χ0) is 18.9. The lowest BCUT2D eigenvalue weighted by molar-refractivity contribution is 0.0211. The molecule has 0 bridgehead atoms. The summed E-state index contributed by atoms with van der Waals surface area (Å²) < 4.78 is 7.22. The van der Waals surface area contributed by atoms with E-state index in [9.17, 15) is 0 Å². The largest absolute Gasteiger partial charge is 0.378 e. The summed E-state index contributed by atoms with van der Waals surface area (Å²) in [6.45, 7) is 1.49. The molecule has 1 aliphatic heterocycles. The summed E-state index contributed by atoms with van der Waals surface area (Å²) >= 11 is 0. The van der Waals surface area contributed by atoms with E-state index in [2.05, 4.69) is 21.5 Å². The zero-order valence-corrected chi connectivity index (χ0v) is 15.3. The summed E-state index contributed by atoms with van der Waals surface area (Å²) in [6.07, 6.45) is 11.3. The second-order valence-corrected chi connectivity index (χ2v) is 7.42. The van der Waals surface area contributed by atoms with Gasteiger partial charge < -0.3 is 10.1 Å². The first-order valence-electron chi connectivity index (χ1n) is 9.50. The van der Waals surface area contributed by atoms with Crippen molar-refractivity contribution in [3.05, 3.63) is 48.9 Å². The van der Waals surface area contributed by atoms with E-state index in [4.69, 9.17) is 15.0 Å². The SMILES string of the molecule is N#C/C=C/C1CC(n2cc(-c3cnc4ccc(NC5COC5)cc4n3)cn2)C1. The van der Waals surface area contributed by atoms with Crippen LogP contribution in [0.1, 0.15) is 18.9 Å². The van der Waals surface area contributed by atoms with Crippen LogP contribution in [-0.2, 0) is 4.74 Å². The second-order valence-electron chi connectivity index (χ2n) is 7.42. The molecule has 2 fully saturated rings. The van der Waals surface area contributed by atoms with Gasteiger partial charge in [0.1, 0.15) is 0 Å². The van der Waals surface area contributed by atoms with Gasteiger partial charge in [0.2, 0.25) is 0 Å². The number of aromatic nitrogens is 4. The van der Waals surface area contributed by atoms with E-state index in [1.54, 1.807) is 12.3 Å². The molecule has 2 aromatic heterocycles. The lowest BCUT2D eigenvalue weighted by Gasteiger charge is -2.33. The fourth-order valence-electron chi connectivity index (χ4n) is 3.65. The van der Waals surface area contributed by atoms with Gasteiger partial charge in [-0.2, -0.15) is 10.4 Å². The third-order valence-corrected chi connectivity index (χ3v) is 5.42. The number of nitriles is 1. The summed E-state index contributed by atoms with van der Waals surface area (Å²) in [5.74, 6) is 0.477. The third kappa shape index (κ3) is 3.23. The monoisotopic (exact) mass is 372 g/mol. The lowest BCUT2D eigenvalue weighted by atomic mass is 9.80. The molecule has 5 rings (SSSR count). The van der Waals surface area contributed by atoms with Crippen LogP contribution in [0.15, 0.2) is 48.9 Å². The van der Waals surface area contributed by atoms with Crippen LogP contribution in [0.25, 0.3) is 22.3 Å². The van der Waals surface area contributed by atoms with E-state index in [1.807, 2.05) is 41.4 Å². The van der Waals surface area contributed by atoms with E-state index >= 15 is 0 Å². The van der Waals surface area contributed by atoms with Crippen molar-refractivity contribution in [3.63, 3.8) is 0 Å². The molecule has 7 heteroatoms. The van der Waals surface area contributed by atoms with Gasteiger partial charge in [0.05, 0.1) is 60.5 Å². The molecule has 0 radical (unpaired) electrons. The maximum Gasteiger partial charge on any atom is 0.0924 e. The van der Waals surface area contributed by atoms with Crippen molar-refractivity contribution in [2.75, 3.05) is 18.5 Å². The highest BCUT2D eigenvalue weighted by Gasteiger charge is 2.29. The van der Waals surface area contributed by atoms with Crippen LogP contribution >= 0.6 is 0 Å². The average molecular weight is 372 g/mol. The van der Waals surface area contributed by atoms with Crippen molar-refractivity contribution in [2.45, 2.75) is 24.9 Å². The van der Waals surface area contributed by atoms with Crippen LogP contribution < -0.4 is 5.32 Å². The van der Waals surface area contributed by atoms with E-state index in [0.29, 0.717) is 18.0 Å². The van der Waals surface area contributed by atoms with Crippen LogP contribution in [0.3, 0.4) is 0 Å². The number of nitrogens with zero attached hydrogens (tertiary/aromatic N) is 5. The van der Waals surface area contributed by atoms with Crippen molar-refractivity contribution in [2.24, 2.45) is 5.92 Å². The smallest absolute Gasteiger partial charge is 0.0924 e. The maximum atomic E-state index is 8.62. The number of rotatable bonds is 5. The molecular formula is C21H20N6O. The van der Waals surface area contributed by atoms with Gasteiger partial charge in [-0.25, -0.2) is 4.98 Å². The Morgan fingerprint density at radius 1 is 1.21 bits per heavy atom. The molecule has 140 valence electrons. The first kappa shape index (κ1) is 16.9. The zero-order valence-electron chi connectivity index (χ0n) is 15.3. The number of allylic oxidation sites excluding steroid dienone is 2. The van der Waals surface area contributed by atoms with Crippen molar-refractivity contribution in [1.29, 1.82) is 5.26 Å². The van der Waals surface area contributed by atoms with Crippen LogP contribution in [0, 0.1) is 17.2 Å². The minimum atomic E-state index is 0.376. The molecule has 0 spiro atoms. The Labute approximate surface area is 162 Å². The van der Waals surface area contributed by atoms with Gasteiger partial charge in [-0.1, -0.05) is 6.08 Å². The molecule has 2 aliphatic rings. The third-order valence-electron chi connectivity index (χ3n) is 5.42. The van der Waals surface area contributed by atoms with Crippen LogP contribution in [-0.4, -0.2) is 39.0 Å². The highest BCUT2D eigenvalue weighted by Crippen LogP contribution is 2.38. The molecule has 0 amide bonds. The predicted octanol–water partition coefficient (Wildman–Crippen LogP) is 3.33. The molecule has 1 N–H and O–H groups in total. The fraction of sp³-hybridized carbons (Fsp3) is 0.333. The first-order valence-corrected chi connectivity index (χ1v) is 9.50. The molecule has 1 aromatic carbocycles. The Balaban J connectivity index is 1.34. The summed E-state index contributed by atoms with van der Waals surface area (Å²) in [4.78, 5) is 9.35. The Hall–Kier alpha value is -3.24. The van der Waals surface area contributed by atoms with Gasteiger partial charge in [0.15, 0.2) is 0 Å². The highest BCUT2D eigenvalue weighted by molar-refractivity contribution is 5.80. The minimum Gasteiger partial charge on any atom is -0.378 e. The molecule has 1 saturated carbocycles. The molecule has 3 aromatic rings. The standard InChI is InChI=1S/C21H20N6O/c22-5-1-2-14-6-18(7-14)27-11-15(9-24-27)21-10-23-19-4-3-16(8-20(19)26-21)25-17-12-28-13-17/h1-4,8-11,14,17-18,25H,6-7,12-13H2/b2-1+. The molecule has 28 heavy (non-hydrogen) atoms. The Bertz CT molecular complexity index is 1070. The minimum absolute atomic E-state index is 0.376. The van der Waals surface area contributed by atoms with Crippen molar-refractivity contribution >= 4 is 16.7 Å². The number of ether oxygens (including phenoxy) is 1. The van der Waals surface area contributed by atoms with E-state index in [-0.39, 0.29) is 0 Å². The Morgan fingerprint density at radius 2 is 2.11 bits per heavy atom. The van der Waals surface area contributed by atoms with Crippen molar-refractivity contribution in [1.82, 2.24) is 19.7 Å². The van der Waals surface area contributed by atoms with Gasteiger partial charge in [-0.05, 0) is 37.0 Å². The lowest BCUT2D eigenvalue weighted by Crippen LogP contribution is -2.40. The number of anilines is 1. The normalized spacial score (nSPS) is 22.0. The van der Waals surface area contributed by atoms with Crippen molar-refractivity contribution in [3.8, 4) is 17.3 Å². The first-order chi connectivity index (χ1) is 13.8. The highest BCUT2D eigenvalue weighted by atomic mass is 16.5. The number of fused-ring (bicyclic) bond motifs is 1. The van der Waals surface area contributed by atoms with E-state index < -0.39 is 0 Å². The summed E-state index contributed by atoms with van der Waals surface area (Å²) in [5.41, 5.74) is 4.56. The predicted molar refractivity (Wildman–Crippen MR) is 106 cm³/mol. The number of hydrogen-bond donors (Lipinski definition) is 1. The fourth-order valence-corrected chi connectivity index (χ4v) is 3.65. The summed E-state index contributed by atoms with van der Waals surface area (Å²) in [6, 6.07) is 8.86. The van der Waals surface area contributed by atoms with Gasteiger partial charge in [0, 0.05) is 23.5 Å². The molecule has 7 nitrogen and oxygen atoms in total. The van der Waals surface area contributed by atoms with Crippen molar-refractivity contribution < 1.29 is 4.74 Å². The molecule has 3 heterocycles. The van der Waals surface area contributed by atoms with Gasteiger partial charge in [-0.3, -0.25) is 9.67 Å². The summed E-state index contributed by atoms with van der Waals surface area (Å²) in [7, 11) is 0. The quantitative estimate of drug-likeness (QED) is 0.691. The Kier molecular flexibility index (Phi) is 4.26.